The molecule has 0 aliphatic rings. The average molecular weight is 381 g/mol. The van der Waals surface area contributed by atoms with E-state index < -0.39 is 16.1 Å². The number of nitrogens with zero attached hydrogens (tertiary/aromatic N) is 1. The van der Waals surface area contributed by atoms with Crippen LogP contribution >= 0.6 is 11.6 Å². The Kier molecular flexibility index (Phi) is 6.08. The molecule has 0 radical (unpaired) electrons. The van der Waals surface area contributed by atoms with Gasteiger partial charge in [0.25, 0.3) is 0 Å². The van der Waals surface area contributed by atoms with Crippen molar-refractivity contribution in [1.82, 2.24) is 5.32 Å². The summed E-state index contributed by atoms with van der Waals surface area (Å²) in [6.45, 7) is 3.74. The second kappa shape index (κ2) is 7.89. The molecule has 0 aliphatic carbocycles. The molecule has 1 unspecified atom stereocenters. The molecule has 2 aromatic carbocycles. The minimum absolute atomic E-state index is 0.297. The lowest BCUT2D eigenvalue weighted by molar-refractivity contribution is -0.122. The van der Waals surface area contributed by atoms with E-state index >= 15 is 0 Å². The number of halogens is 1. The van der Waals surface area contributed by atoms with Gasteiger partial charge in [0.15, 0.2) is 0 Å². The van der Waals surface area contributed by atoms with Crippen molar-refractivity contribution in [3.05, 3.63) is 64.7 Å². The number of hydrogen-bond acceptors (Lipinski definition) is 3. The van der Waals surface area contributed by atoms with Crippen LogP contribution in [-0.2, 0) is 21.4 Å². The van der Waals surface area contributed by atoms with Crippen molar-refractivity contribution in [1.29, 1.82) is 0 Å². The zero-order chi connectivity index (χ0) is 18.6. The summed E-state index contributed by atoms with van der Waals surface area (Å²) >= 11 is 5.84. The number of amides is 1. The molecule has 25 heavy (non-hydrogen) atoms. The Morgan fingerprint density at radius 3 is 2.40 bits per heavy atom. The monoisotopic (exact) mass is 380 g/mol. The number of hydrogen-bond donors (Lipinski definition) is 1. The van der Waals surface area contributed by atoms with Crippen molar-refractivity contribution >= 4 is 33.2 Å². The third-order valence-electron chi connectivity index (χ3n) is 3.72. The third-order valence-corrected chi connectivity index (χ3v) is 5.22. The van der Waals surface area contributed by atoms with Gasteiger partial charge in [-0.2, -0.15) is 0 Å². The number of aryl methyl sites for hydroxylation is 1. The van der Waals surface area contributed by atoms with Crippen molar-refractivity contribution in [3.8, 4) is 0 Å². The molecule has 0 spiro atoms. The molecule has 2 rings (SSSR count). The maximum Gasteiger partial charge on any atom is 0.243 e. The van der Waals surface area contributed by atoms with Gasteiger partial charge in [-0.3, -0.25) is 9.10 Å². The third kappa shape index (κ3) is 5.21. The van der Waals surface area contributed by atoms with E-state index in [4.69, 9.17) is 11.6 Å². The second-order valence-electron chi connectivity index (χ2n) is 5.92. The molecule has 0 bridgehead atoms. The first-order valence-electron chi connectivity index (χ1n) is 7.76. The maximum absolute atomic E-state index is 12.5. The number of carbonyl (C=O) groups excluding carboxylic acids is 1. The molecule has 0 saturated carbocycles. The second-order valence-corrected chi connectivity index (χ2v) is 8.21. The molecule has 0 aromatic heterocycles. The highest BCUT2D eigenvalue weighted by Gasteiger charge is 2.28. The van der Waals surface area contributed by atoms with Crippen LogP contribution in [0.1, 0.15) is 18.1 Å². The first kappa shape index (κ1) is 19.3. The summed E-state index contributed by atoms with van der Waals surface area (Å²) in [6.07, 6.45) is 1.10. The van der Waals surface area contributed by atoms with Crippen molar-refractivity contribution in [2.24, 2.45) is 0 Å². The fraction of sp³-hybridized carbons (Fsp3) is 0.278. The van der Waals surface area contributed by atoms with Gasteiger partial charge in [0.05, 0.1) is 11.9 Å². The largest absolute Gasteiger partial charge is 0.350 e. The molecular formula is C18H21ClN2O3S. The summed E-state index contributed by atoms with van der Waals surface area (Å²) in [5.41, 5.74) is 2.27. The number of anilines is 1. The highest BCUT2D eigenvalue weighted by molar-refractivity contribution is 7.92. The van der Waals surface area contributed by atoms with Gasteiger partial charge in [0.2, 0.25) is 15.9 Å². The minimum Gasteiger partial charge on any atom is -0.350 e. The fourth-order valence-electron chi connectivity index (χ4n) is 2.51. The lowest BCUT2D eigenvalue weighted by atomic mass is 10.2. The van der Waals surface area contributed by atoms with Gasteiger partial charge in [0, 0.05) is 11.6 Å². The Morgan fingerprint density at radius 2 is 1.84 bits per heavy atom. The molecule has 1 atom stereocenters. The van der Waals surface area contributed by atoms with E-state index in [9.17, 15) is 13.2 Å². The van der Waals surface area contributed by atoms with E-state index in [0.717, 1.165) is 21.7 Å². The summed E-state index contributed by atoms with van der Waals surface area (Å²) in [5.74, 6) is -0.373. The van der Waals surface area contributed by atoms with Gasteiger partial charge >= 0.3 is 0 Å². The van der Waals surface area contributed by atoms with Crippen LogP contribution < -0.4 is 9.62 Å². The van der Waals surface area contributed by atoms with E-state index in [2.05, 4.69) is 5.32 Å². The van der Waals surface area contributed by atoms with Crippen LogP contribution in [0.25, 0.3) is 0 Å². The van der Waals surface area contributed by atoms with E-state index in [1.54, 1.807) is 37.3 Å². The highest BCUT2D eigenvalue weighted by atomic mass is 35.5. The van der Waals surface area contributed by atoms with Crippen molar-refractivity contribution in [2.75, 3.05) is 10.6 Å². The molecule has 0 fully saturated rings. The molecule has 1 amide bonds. The van der Waals surface area contributed by atoms with Gasteiger partial charge < -0.3 is 5.32 Å². The zero-order valence-corrected chi connectivity index (χ0v) is 15.9. The predicted octanol–water partition coefficient (Wildman–Crippen LogP) is 3.12. The first-order chi connectivity index (χ1) is 11.7. The van der Waals surface area contributed by atoms with Crippen LogP contribution in [0.3, 0.4) is 0 Å². The molecule has 0 saturated heterocycles. The number of sulfonamides is 1. The highest BCUT2D eigenvalue weighted by Crippen LogP contribution is 2.22. The molecule has 7 heteroatoms. The molecule has 2 aromatic rings. The van der Waals surface area contributed by atoms with E-state index in [-0.39, 0.29) is 5.91 Å². The molecule has 0 heterocycles. The van der Waals surface area contributed by atoms with E-state index in [1.807, 2.05) is 25.1 Å². The molecule has 0 aliphatic heterocycles. The summed E-state index contributed by atoms with van der Waals surface area (Å²) in [6, 6.07) is 13.3. The van der Waals surface area contributed by atoms with E-state index in [1.165, 1.54) is 0 Å². The van der Waals surface area contributed by atoms with Crippen molar-refractivity contribution < 1.29 is 13.2 Å². The fourth-order valence-corrected chi connectivity index (χ4v) is 3.81. The molecule has 5 nitrogen and oxygen atoms in total. The van der Waals surface area contributed by atoms with Gasteiger partial charge in [-0.25, -0.2) is 8.42 Å². The molecule has 1 N–H and O–H groups in total. The SMILES string of the molecule is Cc1cccc(N(C(C)C(=O)NCc2ccc(Cl)cc2)S(C)(=O)=O)c1. The maximum atomic E-state index is 12.5. The lowest BCUT2D eigenvalue weighted by Crippen LogP contribution is -2.47. The van der Waals surface area contributed by atoms with Crippen molar-refractivity contribution in [2.45, 2.75) is 26.4 Å². The van der Waals surface area contributed by atoms with Gasteiger partial charge in [-0.1, -0.05) is 35.9 Å². The van der Waals surface area contributed by atoms with Crippen LogP contribution in [-0.4, -0.2) is 26.6 Å². The minimum atomic E-state index is -3.61. The first-order valence-corrected chi connectivity index (χ1v) is 9.99. The van der Waals surface area contributed by atoms with Crippen LogP contribution in [0.4, 0.5) is 5.69 Å². The average Bonchev–Trinajstić information content (AvgIpc) is 2.53. The van der Waals surface area contributed by atoms with Crippen LogP contribution in [0.5, 0.6) is 0 Å². The Morgan fingerprint density at radius 1 is 1.20 bits per heavy atom. The van der Waals surface area contributed by atoms with Crippen LogP contribution in [0.15, 0.2) is 48.5 Å². The van der Waals surface area contributed by atoms with Gasteiger partial charge in [0.1, 0.15) is 6.04 Å². The standard InChI is InChI=1S/C18H21ClN2O3S/c1-13-5-4-6-17(11-13)21(25(3,23)24)14(2)18(22)20-12-15-7-9-16(19)10-8-15/h4-11,14H,12H2,1-3H3,(H,20,22). The Balaban J connectivity index is 2.17. The molecular weight excluding hydrogens is 360 g/mol. The summed E-state index contributed by atoms with van der Waals surface area (Å²) in [5, 5.41) is 3.38. The van der Waals surface area contributed by atoms with E-state index in [0.29, 0.717) is 17.3 Å². The Labute approximate surface area is 153 Å². The summed E-state index contributed by atoms with van der Waals surface area (Å²) in [7, 11) is -3.61. The van der Waals surface area contributed by atoms with Crippen LogP contribution in [0.2, 0.25) is 5.02 Å². The van der Waals surface area contributed by atoms with Gasteiger partial charge in [-0.05, 0) is 49.2 Å². The Hall–Kier alpha value is -2.05. The van der Waals surface area contributed by atoms with Gasteiger partial charge in [-0.15, -0.1) is 0 Å². The summed E-state index contributed by atoms with van der Waals surface area (Å²) < 4.78 is 25.6. The number of carbonyl (C=O) groups is 1. The number of rotatable bonds is 6. The Bertz CT molecular complexity index is 851. The number of nitrogens with one attached hydrogen (secondary N) is 1. The zero-order valence-electron chi connectivity index (χ0n) is 14.4. The summed E-state index contributed by atoms with van der Waals surface area (Å²) in [4.78, 5) is 12.5. The quantitative estimate of drug-likeness (QED) is 0.837. The number of benzene rings is 2. The van der Waals surface area contributed by atoms with Crippen molar-refractivity contribution in [3.63, 3.8) is 0 Å². The smallest absolute Gasteiger partial charge is 0.243 e. The lowest BCUT2D eigenvalue weighted by Gasteiger charge is -2.28. The topological polar surface area (TPSA) is 66.5 Å². The normalized spacial score (nSPS) is 12.5. The predicted molar refractivity (Wildman–Crippen MR) is 101 cm³/mol. The van der Waals surface area contributed by atoms with Crippen LogP contribution in [0, 0.1) is 6.92 Å². The molecule has 134 valence electrons.